The molecule has 0 aromatic heterocycles. The summed E-state index contributed by atoms with van der Waals surface area (Å²) in [6.07, 6.45) is -0.534. The van der Waals surface area contributed by atoms with E-state index in [9.17, 15) is 24.5 Å². The number of ether oxygens (including phenoxy) is 1. The summed E-state index contributed by atoms with van der Waals surface area (Å²) in [4.78, 5) is 44.5. The molecule has 0 aliphatic rings. The number of amides is 2. The Morgan fingerprint density at radius 2 is 1.70 bits per heavy atom. The van der Waals surface area contributed by atoms with Gasteiger partial charge in [0.25, 0.3) is 11.6 Å². The number of aldehydes is 1. The smallest absolute Gasteiger partial charge is 0.270 e. The Morgan fingerprint density at radius 3 is 2.22 bits per heavy atom. The van der Waals surface area contributed by atoms with Gasteiger partial charge in [-0.25, -0.2) is 0 Å². The van der Waals surface area contributed by atoms with E-state index in [0.717, 1.165) is 6.07 Å². The highest BCUT2D eigenvalue weighted by molar-refractivity contribution is 5.95. The average Bonchev–Trinajstić information content (AvgIpc) is 2.62. The molecule has 0 radical (unpaired) electrons. The van der Waals surface area contributed by atoms with Crippen molar-refractivity contribution in [3.8, 4) is 5.75 Å². The molecule has 0 bridgehead atoms. The first-order valence-corrected chi connectivity index (χ1v) is 7.89. The van der Waals surface area contributed by atoms with Crippen molar-refractivity contribution in [1.82, 2.24) is 0 Å². The zero-order chi connectivity index (χ0) is 20.0. The number of anilines is 2. The van der Waals surface area contributed by atoms with Crippen molar-refractivity contribution in [2.24, 2.45) is 0 Å². The third-order valence-corrected chi connectivity index (χ3v) is 3.48. The largest absolute Gasteiger partial charge is 0.480 e. The van der Waals surface area contributed by atoms with Crippen molar-refractivity contribution in [3.05, 3.63) is 58.1 Å². The van der Waals surface area contributed by atoms with Crippen molar-refractivity contribution in [2.75, 3.05) is 10.6 Å². The first-order chi connectivity index (χ1) is 12.8. The first kappa shape index (κ1) is 19.6. The Balaban J connectivity index is 2.04. The van der Waals surface area contributed by atoms with E-state index in [0.29, 0.717) is 17.7 Å². The van der Waals surface area contributed by atoms with Crippen LogP contribution in [0.5, 0.6) is 5.75 Å². The van der Waals surface area contributed by atoms with Crippen LogP contribution in [-0.4, -0.2) is 29.1 Å². The minimum absolute atomic E-state index is 0.0245. The van der Waals surface area contributed by atoms with Crippen LogP contribution in [0, 0.1) is 10.1 Å². The Morgan fingerprint density at radius 1 is 1.11 bits per heavy atom. The van der Waals surface area contributed by atoms with Gasteiger partial charge in [0.05, 0.1) is 10.5 Å². The molecule has 2 rings (SSSR count). The lowest BCUT2D eigenvalue weighted by Crippen LogP contribution is -2.30. The maximum atomic E-state index is 12.3. The molecule has 0 heterocycles. The molecule has 0 unspecified atom stereocenters. The predicted molar refractivity (Wildman–Crippen MR) is 97.9 cm³/mol. The lowest BCUT2D eigenvalue weighted by molar-refractivity contribution is -0.384. The monoisotopic (exact) mass is 371 g/mol. The second-order valence-corrected chi connectivity index (χ2v) is 5.60. The number of hydrogen-bond acceptors (Lipinski definition) is 6. The molecular weight excluding hydrogens is 354 g/mol. The summed E-state index contributed by atoms with van der Waals surface area (Å²) in [7, 11) is 0. The predicted octanol–water partition coefficient (Wildman–Crippen LogP) is 2.77. The number of rotatable bonds is 7. The minimum atomic E-state index is -0.958. The average molecular weight is 371 g/mol. The lowest BCUT2D eigenvalue weighted by atomic mass is 10.2. The fourth-order valence-corrected chi connectivity index (χ4v) is 2.18. The van der Waals surface area contributed by atoms with Crippen molar-refractivity contribution >= 4 is 35.2 Å². The summed E-state index contributed by atoms with van der Waals surface area (Å²) >= 11 is 0. The van der Waals surface area contributed by atoms with Crippen molar-refractivity contribution in [2.45, 2.75) is 20.0 Å². The number of benzene rings is 2. The van der Waals surface area contributed by atoms with Gasteiger partial charge in [-0.15, -0.1) is 0 Å². The molecule has 0 aliphatic heterocycles. The number of nitrogens with one attached hydrogen (secondary N) is 2. The molecule has 0 fully saturated rings. The Hall–Kier alpha value is -3.75. The molecule has 27 heavy (non-hydrogen) atoms. The van der Waals surface area contributed by atoms with E-state index in [1.807, 2.05) is 0 Å². The molecule has 9 heteroatoms. The van der Waals surface area contributed by atoms with Crippen LogP contribution in [-0.2, 0) is 9.59 Å². The molecule has 0 spiro atoms. The summed E-state index contributed by atoms with van der Waals surface area (Å²) in [5.74, 6) is -0.611. The van der Waals surface area contributed by atoms with Crippen LogP contribution in [0.3, 0.4) is 0 Å². The fourth-order valence-electron chi connectivity index (χ4n) is 2.18. The van der Waals surface area contributed by atoms with E-state index >= 15 is 0 Å². The van der Waals surface area contributed by atoms with Crippen LogP contribution >= 0.6 is 0 Å². The third-order valence-electron chi connectivity index (χ3n) is 3.48. The van der Waals surface area contributed by atoms with Gasteiger partial charge in [0, 0.05) is 30.4 Å². The number of carbonyl (C=O) groups is 3. The van der Waals surface area contributed by atoms with Crippen LogP contribution in [0.4, 0.5) is 17.1 Å². The Labute approximate surface area is 154 Å². The SMILES string of the molecule is CC(=O)Nc1ccc(NC(=O)[C@@H](C)Oc2ccc([N+](=O)[O-])cc2C=O)cc1. The van der Waals surface area contributed by atoms with E-state index in [4.69, 9.17) is 4.74 Å². The molecule has 2 N–H and O–H groups in total. The summed E-state index contributed by atoms with van der Waals surface area (Å²) in [6.45, 7) is 2.87. The van der Waals surface area contributed by atoms with Gasteiger partial charge in [0.15, 0.2) is 12.4 Å². The Bertz CT molecular complexity index is 879. The maximum Gasteiger partial charge on any atom is 0.270 e. The van der Waals surface area contributed by atoms with Crippen LogP contribution in [0.15, 0.2) is 42.5 Å². The first-order valence-electron chi connectivity index (χ1n) is 7.89. The molecule has 2 amide bonds. The van der Waals surface area contributed by atoms with E-state index in [1.165, 1.54) is 26.0 Å². The van der Waals surface area contributed by atoms with Crippen molar-refractivity contribution in [3.63, 3.8) is 0 Å². The van der Waals surface area contributed by atoms with Gasteiger partial charge in [-0.05, 0) is 37.3 Å². The van der Waals surface area contributed by atoms with E-state index < -0.39 is 16.9 Å². The van der Waals surface area contributed by atoms with Gasteiger partial charge in [-0.2, -0.15) is 0 Å². The van der Waals surface area contributed by atoms with Crippen LogP contribution < -0.4 is 15.4 Å². The highest BCUT2D eigenvalue weighted by Crippen LogP contribution is 2.24. The summed E-state index contributed by atoms with van der Waals surface area (Å²) in [5.41, 5.74) is 0.805. The van der Waals surface area contributed by atoms with Gasteiger partial charge in [-0.3, -0.25) is 24.5 Å². The molecule has 1 atom stereocenters. The van der Waals surface area contributed by atoms with Crippen LogP contribution in [0.1, 0.15) is 24.2 Å². The molecular formula is C18H17N3O6. The highest BCUT2D eigenvalue weighted by atomic mass is 16.6. The quantitative estimate of drug-likeness (QED) is 0.438. The van der Waals surface area contributed by atoms with E-state index in [1.54, 1.807) is 24.3 Å². The van der Waals surface area contributed by atoms with Crippen molar-refractivity contribution in [1.29, 1.82) is 0 Å². The third kappa shape index (κ3) is 5.36. The van der Waals surface area contributed by atoms with E-state index in [-0.39, 0.29) is 22.9 Å². The van der Waals surface area contributed by atoms with Crippen molar-refractivity contribution < 1.29 is 24.0 Å². The maximum absolute atomic E-state index is 12.3. The van der Waals surface area contributed by atoms with Gasteiger partial charge < -0.3 is 15.4 Å². The number of hydrogen-bond donors (Lipinski definition) is 2. The lowest BCUT2D eigenvalue weighted by Gasteiger charge is -2.16. The highest BCUT2D eigenvalue weighted by Gasteiger charge is 2.18. The van der Waals surface area contributed by atoms with Gasteiger partial charge in [0.2, 0.25) is 5.91 Å². The molecule has 2 aromatic rings. The van der Waals surface area contributed by atoms with Gasteiger partial charge in [-0.1, -0.05) is 0 Å². The number of nitro groups is 1. The Kier molecular flexibility index (Phi) is 6.21. The number of non-ortho nitro benzene ring substituents is 1. The molecule has 0 saturated carbocycles. The van der Waals surface area contributed by atoms with Gasteiger partial charge in [0.1, 0.15) is 5.75 Å². The summed E-state index contributed by atoms with van der Waals surface area (Å²) < 4.78 is 5.46. The van der Waals surface area contributed by atoms with Crippen LogP contribution in [0.25, 0.3) is 0 Å². The molecule has 0 saturated heterocycles. The van der Waals surface area contributed by atoms with E-state index in [2.05, 4.69) is 10.6 Å². The molecule has 140 valence electrons. The number of nitrogens with zero attached hydrogens (tertiary/aromatic N) is 1. The molecule has 2 aromatic carbocycles. The summed E-state index contributed by atoms with van der Waals surface area (Å²) in [6, 6.07) is 10.0. The minimum Gasteiger partial charge on any atom is -0.480 e. The fraction of sp³-hybridized carbons (Fsp3) is 0.167. The molecule has 0 aliphatic carbocycles. The number of nitro benzene ring substituents is 1. The zero-order valence-electron chi connectivity index (χ0n) is 14.6. The second kappa shape index (κ2) is 8.56. The van der Waals surface area contributed by atoms with Crippen LogP contribution in [0.2, 0.25) is 0 Å². The zero-order valence-corrected chi connectivity index (χ0v) is 14.6. The molecule has 9 nitrogen and oxygen atoms in total. The van der Waals surface area contributed by atoms with Gasteiger partial charge >= 0.3 is 0 Å². The topological polar surface area (TPSA) is 128 Å². The summed E-state index contributed by atoms with van der Waals surface area (Å²) in [5, 5.41) is 16.0. The second-order valence-electron chi connectivity index (χ2n) is 5.60. The number of carbonyl (C=O) groups excluding carboxylic acids is 3. The standard InChI is InChI=1S/C18H17N3O6/c1-11(27-17-8-7-16(21(25)26)9-13(17)10-22)18(24)20-15-5-3-14(4-6-15)19-12(2)23/h3-11H,1-2H3,(H,19,23)(H,20,24)/t11-/m1/s1. The normalized spacial score (nSPS) is 11.2.